The van der Waals surface area contributed by atoms with Gasteiger partial charge in [0.1, 0.15) is 12.1 Å². The number of halogens is 1. The number of aliphatic hydroxyl groups excluding tert-OH is 1. The Hall–Kier alpha value is -2.74. The molecular formula is C23H27FN4O3. The van der Waals surface area contributed by atoms with Crippen LogP contribution in [-0.4, -0.2) is 61.9 Å². The number of carboxylic acid groups (broad SMARTS) is 1. The van der Waals surface area contributed by atoms with Gasteiger partial charge in [-0.05, 0) is 56.2 Å². The van der Waals surface area contributed by atoms with Gasteiger partial charge in [0.2, 0.25) is 0 Å². The number of rotatable bonds is 3. The lowest BCUT2D eigenvalue weighted by Gasteiger charge is -2.52. The molecule has 8 heteroatoms. The highest BCUT2D eigenvalue weighted by Crippen LogP contribution is 2.51. The topological polar surface area (TPSA) is 89.8 Å². The molecule has 0 radical (unpaired) electrons. The van der Waals surface area contributed by atoms with Crippen LogP contribution in [0.4, 0.5) is 14.9 Å². The van der Waals surface area contributed by atoms with Gasteiger partial charge >= 0.3 is 6.09 Å². The van der Waals surface area contributed by atoms with Crippen LogP contribution in [0.3, 0.4) is 0 Å². The second kappa shape index (κ2) is 7.75. The van der Waals surface area contributed by atoms with E-state index in [2.05, 4.69) is 9.97 Å². The monoisotopic (exact) mass is 426 g/mol. The van der Waals surface area contributed by atoms with Crippen molar-refractivity contribution in [2.45, 2.75) is 56.2 Å². The molecule has 3 fully saturated rings. The molecule has 4 atom stereocenters. The van der Waals surface area contributed by atoms with Crippen molar-refractivity contribution < 1.29 is 19.4 Å². The number of aliphatic hydroxyl groups is 1. The average Bonchev–Trinajstić information content (AvgIpc) is 3.03. The maximum absolute atomic E-state index is 15.1. The van der Waals surface area contributed by atoms with Crippen molar-refractivity contribution >= 4 is 11.8 Å². The predicted octanol–water partition coefficient (Wildman–Crippen LogP) is 3.54. The normalized spacial score (nSPS) is 30.5. The number of anilines is 1. The molecule has 4 unspecified atom stereocenters. The Bertz CT molecular complexity index is 975. The fourth-order valence-corrected chi connectivity index (χ4v) is 6.20. The van der Waals surface area contributed by atoms with Gasteiger partial charge in [-0.1, -0.05) is 6.07 Å². The summed E-state index contributed by atoms with van der Waals surface area (Å²) < 4.78 is 15.1. The summed E-state index contributed by atoms with van der Waals surface area (Å²) in [6.07, 6.45) is 7.71. The van der Waals surface area contributed by atoms with Crippen LogP contribution >= 0.6 is 0 Å². The van der Waals surface area contributed by atoms with Crippen LogP contribution in [0.15, 0.2) is 36.9 Å². The van der Waals surface area contributed by atoms with Crippen LogP contribution in [0.2, 0.25) is 0 Å². The van der Waals surface area contributed by atoms with E-state index in [1.807, 2.05) is 11.0 Å². The summed E-state index contributed by atoms with van der Waals surface area (Å²) in [5, 5.41) is 20.4. The second-order valence-corrected chi connectivity index (χ2v) is 9.12. The molecule has 3 aliphatic rings. The number of piperidine rings is 2. The third-order valence-corrected chi connectivity index (χ3v) is 7.46. The summed E-state index contributed by atoms with van der Waals surface area (Å²) in [4.78, 5) is 23.8. The lowest BCUT2D eigenvalue weighted by Crippen LogP contribution is -2.62. The van der Waals surface area contributed by atoms with Crippen molar-refractivity contribution in [3.63, 3.8) is 0 Å². The van der Waals surface area contributed by atoms with Crippen LogP contribution in [0, 0.1) is 11.7 Å². The molecule has 2 aromatic rings. The lowest BCUT2D eigenvalue weighted by atomic mass is 9.72. The fraction of sp³-hybridized carbons (Fsp3) is 0.522. The molecule has 164 valence electrons. The van der Waals surface area contributed by atoms with E-state index in [4.69, 9.17) is 0 Å². The van der Waals surface area contributed by atoms with Crippen LogP contribution in [0.1, 0.15) is 38.5 Å². The molecule has 2 bridgehead atoms. The Morgan fingerprint density at radius 2 is 2.00 bits per heavy atom. The number of amides is 1. The number of aromatic nitrogens is 2. The first kappa shape index (κ1) is 20.2. The van der Waals surface area contributed by atoms with Crippen LogP contribution in [-0.2, 0) is 0 Å². The minimum atomic E-state index is -0.896. The summed E-state index contributed by atoms with van der Waals surface area (Å²) in [6, 6.07) is 5.06. The Labute approximate surface area is 180 Å². The van der Waals surface area contributed by atoms with Crippen molar-refractivity contribution in [1.82, 2.24) is 14.9 Å². The Kier molecular flexibility index (Phi) is 5.04. The van der Waals surface area contributed by atoms with E-state index in [-0.39, 0.29) is 17.8 Å². The standard InChI is InChI=1S/C23H27FN4O3/c24-20-8-15(16-11-25-14-26-12-16)3-4-21(20)27-7-1-2-17(13-27)23-6-5-18(9-19(29)10-23)28(23)22(30)31/h3-4,8,11-12,14,17-19,29H,1-2,5-7,9-10,13H2,(H,30,31). The number of benzene rings is 1. The van der Waals surface area contributed by atoms with Crippen molar-refractivity contribution in [2.24, 2.45) is 5.92 Å². The molecule has 1 aromatic heterocycles. The largest absolute Gasteiger partial charge is 0.465 e. The van der Waals surface area contributed by atoms with E-state index in [0.717, 1.165) is 43.4 Å². The highest BCUT2D eigenvalue weighted by atomic mass is 19.1. The number of hydrogen-bond acceptors (Lipinski definition) is 5. The van der Waals surface area contributed by atoms with E-state index in [1.165, 1.54) is 12.4 Å². The molecule has 3 saturated heterocycles. The second-order valence-electron chi connectivity index (χ2n) is 9.12. The minimum Gasteiger partial charge on any atom is -0.465 e. The average molecular weight is 426 g/mol. The van der Waals surface area contributed by atoms with Gasteiger partial charge in [0.25, 0.3) is 0 Å². The highest BCUT2D eigenvalue weighted by Gasteiger charge is 2.57. The molecule has 0 aliphatic carbocycles. The Morgan fingerprint density at radius 3 is 2.74 bits per heavy atom. The molecule has 7 nitrogen and oxygen atoms in total. The summed E-state index contributed by atoms with van der Waals surface area (Å²) >= 11 is 0. The van der Waals surface area contributed by atoms with Crippen LogP contribution in [0.5, 0.6) is 0 Å². The van der Waals surface area contributed by atoms with E-state index < -0.39 is 17.7 Å². The SMILES string of the molecule is O=C(O)N1C2CCC1(C1CCCN(c3ccc(-c4cncnc4)cc3F)C1)CC(O)C2. The zero-order valence-corrected chi connectivity index (χ0v) is 17.3. The van der Waals surface area contributed by atoms with Crippen molar-refractivity contribution in [1.29, 1.82) is 0 Å². The van der Waals surface area contributed by atoms with Crippen molar-refractivity contribution in [2.75, 3.05) is 18.0 Å². The fourth-order valence-electron chi connectivity index (χ4n) is 6.20. The number of fused-ring (bicyclic) bond motifs is 2. The van der Waals surface area contributed by atoms with Gasteiger partial charge in [0.05, 0.1) is 17.3 Å². The van der Waals surface area contributed by atoms with Crippen LogP contribution in [0.25, 0.3) is 11.1 Å². The maximum Gasteiger partial charge on any atom is 0.408 e. The number of hydrogen-bond donors (Lipinski definition) is 2. The molecule has 1 aromatic carbocycles. The summed E-state index contributed by atoms with van der Waals surface area (Å²) in [7, 11) is 0. The minimum absolute atomic E-state index is 0.0684. The first-order valence-corrected chi connectivity index (χ1v) is 11.0. The Balaban J connectivity index is 1.41. The zero-order chi connectivity index (χ0) is 21.6. The number of nitrogens with zero attached hydrogens (tertiary/aromatic N) is 4. The molecule has 2 N–H and O–H groups in total. The van der Waals surface area contributed by atoms with Crippen molar-refractivity contribution in [3.8, 4) is 11.1 Å². The molecular weight excluding hydrogens is 399 g/mol. The predicted molar refractivity (Wildman–Crippen MR) is 113 cm³/mol. The van der Waals surface area contributed by atoms with Gasteiger partial charge in [-0.3, -0.25) is 4.90 Å². The molecule has 0 spiro atoms. The molecule has 3 aliphatic heterocycles. The van der Waals surface area contributed by atoms with E-state index in [1.54, 1.807) is 23.4 Å². The molecule has 4 heterocycles. The lowest BCUT2D eigenvalue weighted by molar-refractivity contribution is -0.0390. The highest BCUT2D eigenvalue weighted by molar-refractivity contribution is 5.68. The maximum atomic E-state index is 15.1. The first-order valence-electron chi connectivity index (χ1n) is 11.0. The van der Waals surface area contributed by atoms with Gasteiger partial charge in [0, 0.05) is 43.0 Å². The third kappa shape index (κ3) is 3.43. The van der Waals surface area contributed by atoms with E-state index in [0.29, 0.717) is 25.1 Å². The molecule has 1 amide bonds. The zero-order valence-electron chi connectivity index (χ0n) is 17.3. The summed E-state index contributed by atoms with van der Waals surface area (Å²) in [5.74, 6) is -0.235. The molecule has 5 rings (SSSR count). The first-order chi connectivity index (χ1) is 15.0. The Morgan fingerprint density at radius 1 is 1.19 bits per heavy atom. The van der Waals surface area contributed by atoms with Gasteiger partial charge in [0.15, 0.2) is 0 Å². The van der Waals surface area contributed by atoms with Crippen LogP contribution < -0.4 is 4.90 Å². The van der Waals surface area contributed by atoms with E-state index in [9.17, 15) is 15.0 Å². The van der Waals surface area contributed by atoms with E-state index >= 15 is 4.39 Å². The third-order valence-electron chi connectivity index (χ3n) is 7.46. The molecule has 0 saturated carbocycles. The van der Waals surface area contributed by atoms with Crippen molar-refractivity contribution in [3.05, 3.63) is 42.7 Å². The summed E-state index contributed by atoms with van der Waals surface area (Å²) in [5.41, 5.74) is 1.47. The van der Waals surface area contributed by atoms with Gasteiger partial charge in [-0.25, -0.2) is 19.2 Å². The van der Waals surface area contributed by atoms with Gasteiger partial charge < -0.3 is 15.1 Å². The quantitative estimate of drug-likeness (QED) is 0.780. The number of carbonyl (C=O) groups is 1. The smallest absolute Gasteiger partial charge is 0.408 e. The molecule has 31 heavy (non-hydrogen) atoms. The van der Waals surface area contributed by atoms with Gasteiger partial charge in [-0.2, -0.15) is 0 Å². The summed E-state index contributed by atoms with van der Waals surface area (Å²) in [6.45, 7) is 1.32. The van der Waals surface area contributed by atoms with Gasteiger partial charge in [-0.15, -0.1) is 0 Å².